The number of benzene rings is 1. The Labute approximate surface area is 153 Å². The van der Waals surface area contributed by atoms with Gasteiger partial charge >= 0.3 is 0 Å². The largest absolute Gasteiger partial charge is 0.358 e. The summed E-state index contributed by atoms with van der Waals surface area (Å²) in [4.78, 5) is 15.7. The average molecular weight is 351 g/mol. The molecule has 26 heavy (non-hydrogen) atoms. The molecule has 6 heteroatoms. The zero-order valence-corrected chi connectivity index (χ0v) is 15.0. The van der Waals surface area contributed by atoms with Gasteiger partial charge in [0.1, 0.15) is 12.7 Å². The molecular weight excluding hydrogens is 326 g/mol. The van der Waals surface area contributed by atoms with E-state index in [0.717, 1.165) is 18.4 Å². The van der Waals surface area contributed by atoms with Gasteiger partial charge in [-0.2, -0.15) is 0 Å². The van der Waals surface area contributed by atoms with Gasteiger partial charge in [0.25, 0.3) is 0 Å². The van der Waals surface area contributed by atoms with Gasteiger partial charge in [-0.25, -0.2) is 0 Å². The highest BCUT2D eigenvalue weighted by atomic mass is 16.1. The first kappa shape index (κ1) is 16.8. The number of carbonyl (C=O) groups is 1. The van der Waals surface area contributed by atoms with E-state index in [0.29, 0.717) is 19.5 Å². The van der Waals surface area contributed by atoms with E-state index in [1.54, 1.807) is 12.7 Å². The minimum absolute atomic E-state index is 0.0446. The van der Waals surface area contributed by atoms with E-state index in [-0.39, 0.29) is 5.91 Å². The van der Waals surface area contributed by atoms with E-state index in [2.05, 4.69) is 38.7 Å². The molecule has 0 saturated carbocycles. The zero-order chi connectivity index (χ0) is 17.8. The number of aryl methyl sites for hydroxylation is 3. The lowest BCUT2D eigenvalue weighted by atomic mass is 9.96. The van der Waals surface area contributed by atoms with Gasteiger partial charge in [-0.05, 0) is 48.9 Å². The van der Waals surface area contributed by atoms with Crippen molar-refractivity contribution in [1.29, 1.82) is 0 Å². The van der Waals surface area contributed by atoms with Crippen LogP contribution in [0, 0.1) is 0 Å². The first-order valence-corrected chi connectivity index (χ1v) is 9.51. The number of rotatable bonds is 5. The molecule has 1 aliphatic rings. The molecule has 4 rings (SSSR count). The summed E-state index contributed by atoms with van der Waals surface area (Å²) in [5, 5.41) is 11.8. The van der Waals surface area contributed by atoms with Crippen LogP contribution >= 0.6 is 0 Å². The number of nitrogens with one attached hydrogen (secondary N) is 2. The molecule has 0 fully saturated rings. The third-order valence-corrected chi connectivity index (χ3v) is 5.22. The van der Waals surface area contributed by atoms with Gasteiger partial charge in [0.05, 0.1) is 0 Å². The summed E-state index contributed by atoms with van der Waals surface area (Å²) in [6, 6.07) is 6.50. The lowest BCUT2D eigenvalue weighted by Crippen LogP contribution is -2.23. The van der Waals surface area contributed by atoms with Gasteiger partial charge in [0.2, 0.25) is 5.91 Å². The maximum absolute atomic E-state index is 12.1. The van der Waals surface area contributed by atoms with Crippen LogP contribution in [-0.2, 0) is 30.7 Å². The number of aromatic amines is 1. The monoisotopic (exact) mass is 351 g/mol. The number of amides is 1. The van der Waals surface area contributed by atoms with Gasteiger partial charge in [-0.15, -0.1) is 10.2 Å². The predicted molar refractivity (Wildman–Crippen MR) is 101 cm³/mol. The molecule has 1 aromatic carbocycles. The topological polar surface area (TPSA) is 75.6 Å². The summed E-state index contributed by atoms with van der Waals surface area (Å²) in [6.07, 6.45) is 11.2. The van der Waals surface area contributed by atoms with E-state index in [1.165, 1.54) is 47.8 Å². The maximum atomic E-state index is 12.1. The van der Waals surface area contributed by atoms with Crippen molar-refractivity contribution >= 4 is 16.8 Å². The Morgan fingerprint density at radius 3 is 2.77 bits per heavy atom. The molecule has 0 aliphatic heterocycles. The number of fused-ring (bicyclic) bond motifs is 3. The van der Waals surface area contributed by atoms with Gasteiger partial charge in [0, 0.05) is 36.1 Å². The third-order valence-electron chi connectivity index (χ3n) is 5.22. The van der Waals surface area contributed by atoms with Crippen molar-refractivity contribution in [3.63, 3.8) is 0 Å². The van der Waals surface area contributed by atoms with Crippen LogP contribution in [0.2, 0.25) is 0 Å². The molecule has 0 atom stereocenters. The van der Waals surface area contributed by atoms with Crippen molar-refractivity contribution in [3.05, 3.63) is 47.7 Å². The molecule has 1 aliphatic carbocycles. The van der Waals surface area contributed by atoms with Crippen LogP contribution in [0.15, 0.2) is 30.9 Å². The molecule has 2 heterocycles. The number of carbonyl (C=O) groups excluding carboxylic acids is 1. The summed E-state index contributed by atoms with van der Waals surface area (Å²) < 4.78 is 1.81. The van der Waals surface area contributed by atoms with Crippen molar-refractivity contribution in [2.45, 2.75) is 58.0 Å². The van der Waals surface area contributed by atoms with E-state index in [1.807, 2.05) is 4.57 Å². The second-order valence-electron chi connectivity index (χ2n) is 7.10. The van der Waals surface area contributed by atoms with Crippen molar-refractivity contribution < 1.29 is 4.79 Å². The highest BCUT2D eigenvalue weighted by Crippen LogP contribution is 2.28. The molecule has 0 unspecified atom stereocenters. The lowest BCUT2D eigenvalue weighted by Gasteiger charge is -2.10. The molecule has 1 amide bonds. The molecule has 0 radical (unpaired) electrons. The molecule has 2 N–H and O–H groups in total. The fourth-order valence-corrected chi connectivity index (χ4v) is 3.77. The molecule has 3 aromatic rings. The van der Waals surface area contributed by atoms with Gasteiger partial charge in [0.15, 0.2) is 0 Å². The minimum Gasteiger partial charge on any atom is -0.358 e. The second-order valence-corrected chi connectivity index (χ2v) is 7.10. The fraction of sp³-hybridized carbons (Fsp3) is 0.450. The fourth-order valence-electron chi connectivity index (χ4n) is 3.77. The molecule has 2 aromatic heterocycles. The molecule has 136 valence electrons. The van der Waals surface area contributed by atoms with Gasteiger partial charge < -0.3 is 14.9 Å². The van der Waals surface area contributed by atoms with E-state index in [9.17, 15) is 4.79 Å². The summed E-state index contributed by atoms with van der Waals surface area (Å²) in [5.41, 5.74) is 5.27. The number of aromatic nitrogens is 4. The van der Waals surface area contributed by atoms with E-state index < -0.39 is 0 Å². The Bertz CT molecular complexity index is 881. The number of H-pyrrole nitrogens is 1. The second kappa shape index (κ2) is 7.72. The Morgan fingerprint density at radius 2 is 1.92 bits per heavy atom. The van der Waals surface area contributed by atoms with Crippen LogP contribution in [-0.4, -0.2) is 25.7 Å². The predicted octanol–water partition coefficient (Wildman–Crippen LogP) is 3.12. The third kappa shape index (κ3) is 3.79. The normalized spacial score (nSPS) is 14.6. The van der Waals surface area contributed by atoms with E-state index >= 15 is 0 Å². The van der Waals surface area contributed by atoms with Crippen LogP contribution < -0.4 is 5.32 Å². The van der Waals surface area contributed by atoms with Crippen molar-refractivity contribution in [2.24, 2.45) is 0 Å². The Balaban J connectivity index is 1.41. The summed E-state index contributed by atoms with van der Waals surface area (Å²) in [7, 11) is 0. The number of nitrogens with zero attached hydrogens (tertiary/aromatic N) is 3. The van der Waals surface area contributed by atoms with Crippen LogP contribution in [0.25, 0.3) is 10.9 Å². The van der Waals surface area contributed by atoms with Gasteiger partial charge in [-0.3, -0.25) is 4.79 Å². The summed E-state index contributed by atoms with van der Waals surface area (Å²) in [5.74, 6) is 0.0446. The minimum atomic E-state index is 0.0446. The summed E-state index contributed by atoms with van der Waals surface area (Å²) >= 11 is 0. The zero-order valence-electron chi connectivity index (χ0n) is 15.0. The Hall–Kier alpha value is -2.63. The van der Waals surface area contributed by atoms with E-state index in [4.69, 9.17) is 0 Å². The van der Waals surface area contributed by atoms with Crippen molar-refractivity contribution in [3.8, 4) is 0 Å². The smallest absolute Gasteiger partial charge is 0.222 e. The summed E-state index contributed by atoms with van der Waals surface area (Å²) in [6.45, 7) is 1.17. The SMILES string of the molecule is O=C(CCn1cnnc1)NCc1ccc2[nH]c3c(c2c1)CCCCCC3. The van der Waals surface area contributed by atoms with Crippen LogP contribution in [0.4, 0.5) is 0 Å². The first-order valence-electron chi connectivity index (χ1n) is 9.51. The van der Waals surface area contributed by atoms with Crippen LogP contribution in [0.1, 0.15) is 48.9 Å². The molecule has 0 saturated heterocycles. The van der Waals surface area contributed by atoms with Gasteiger partial charge in [-0.1, -0.05) is 18.9 Å². The van der Waals surface area contributed by atoms with Crippen LogP contribution in [0.3, 0.4) is 0 Å². The first-order chi connectivity index (χ1) is 12.8. The molecular formula is C20H25N5O. The van der Waals surface area contributed by atoms with Crippen molar-refractivity contribution in [1.82, 2.24) is 25.1 Å². The number of hydrogen-bond donors (Lipinski definition) is 2. The highest BCUT2D eigenvalue weighted by Gasteiger charge is 2.14. The van der Waals surface area contributed by atoms with Crippen molar-refractivity contribution in [2.75, 3.05) is 0 Å². The van der Waals surface area contributed by atoms with Crippen LogP contribution in [0.5, 0.6) is 0 Å². The quantitative estimate of drug-likeness (QED) is 0.741. The lowest BCUT2D eigenvalue weighted by molar-refractivity contribution is -0.121. The maximum Gasteiger partial charge on any atom is 0.222 e. The number of hydrogen-bond acceptors (Lipinski definition) is 3. The average Bonchev–Trinajstić information content (AvgIpc) is 3.25. The Morgan fingerprint density at radius 1 is 1.12 bits per heavy atom. The molecule has 0 bridgehead atoms. The Kier molecular flexibility index (Phi) is 5.00. The molecule has 0 spiro atoms. The highest BCUT2D eigenvalue weighted by molar-refractivity contribution is 5.85. The molecule has 6 nitrogen and oxygen atoms in total. The standard InChI is InChI=1S/C20H25N5O/c26-20(9-10-25-13-22-23-14-25)21-12-15-7-8-19-17(11-15)16-5-3-1-2-4-6-18(16)24-19/h7-8,11,13-14,24H,1-6,9-10,12H2,(H,21,26).